The van der Waals surface area contributed by atoms with Crippen molar-refractivity contribution in [3.8, 4) is 0 Å². The van der Waals surface area contributed by atoms with Gasteiger partial charge >= 0.3 is 6.01 Å². The highest BCUT2D eigenvalue weighted by Crippen LogP contribution is 2.35. The molecule has 7 heteroatoms. The number of aromatic nitrogens is 3. The van der Waals surface area contributed by atoms with Gasteiger partial charge in [-0.25, -0.2) is 0 Å². The van der Waals surface area contributed by atoms with Crippen molar-refractivity contribution >= 4 is 6.01 Å². The maximum atomic E-state index is 6.00. The van der Waals surface area contributed by atoms with Crippen LogP contribution in [0, 0.1) is 0 Å². The van der Waals surface area contributed by atoms with Crippen molar-refractivity contribution in [2.45, 2.75) is 38.5 Å². The van der Waals surface area contributed by atoms with Gasteiger partial charge in [0.25, 0.3) is 5.89 Å². The predicted octanol–water partition coefficient (Wildman–Crippen LogP) is 2.12. The van der Waals surface area contributed by atoms with E-state index in [4.69, 9.17) is 13.9 Å². The van der Waals surface area contributed by atoms with Gasteiger partial charge in [-0.05, 0) is 25.5 Å². The smallest absolute Gasteiger partial charge is 0.315 e. The summed E-state index contributed by atoms with van der Waals surface area (Å²) in [6.07, 6.45) is 4.30. The lowest BCUT2D eigenvalue weighted by Gasteiger charge is -2.26. The van der Waals surface area contributed by atoms with E-state index in [1.807, 2.05) is 26.0 Å². The van der Waals surface area contributed by atoms with Gasteiger partial charge in [-0.3, -0.25) is 4.98 Å². The Kier molecular flexibility index (Phi) is 4.35. The molecule has 3 rings (SSSR count). The maximum Gasteiger partial charge on any atom is 0.315 e. The maximum absolute atomic E-state index is 6.00. The summed E-state index contributed by atoms with van der Waals surface area (Å²) in [6, 6.07) is 4.24. The standard InChI is InChI=1S/C15H20N4O3/c1-11(2)22-15(5-7-20-10-15)13-18-19-14(21-13)17-9-12-4-3-6-16-8-12/h3-4,6,8,11H,5,7,9-10H2,1-2H3,(H,17,19). The van der Waals surface area contributed by atoms with Crippen LogP contribution in [0.3, 0.4) is 0 Å². The summed E-state index contributed by atoms with van der Waals surface area (Å²) >= 11 is 0. The molecule has 1 fully saturated rings. The van der Waals surface area contributed by atoms with Gasteiger partial charge in [0, 0.05) is 25.4 Å². The Hall–Kier alpha value is -1.99. The molecular formula is C15H20N4O3. The summed E-state index contributed by atoms with van der Waals surface area (Å²) in [5.41, 5.74) is 0.412. The van der Waals surface area contributed by atoms with Gasteiger partial charge in [0.2, 0.25) is 0 Å². The average Bonchev–Trinajstić information content (AvgIpc) is 3.15. The van der Waals surface area contributed by atoms with Gasteiger partial charge in [0.1, 0.15) is 0 Å². The summed E-state index contributed by atoms with van der Waals surface area (Å²) in [4.78, 5) is 4.07. The third-order valence-corrected chi connectivity index (χ3v) is 3.43. The predicted molar refractivity (Wildman–Crippen MR) is 79.2 cm³/mol. The molecule has 7 nitrogen and oxygen atoms in total. The molecule has 0 saturated carbocycles. The summed E-state index contributed by atoms with van der Waals surface area (Å²) in [6.45, 7) is 5.61. The summed E-state index contributed by atoms with van der Waals surface area (Å²) < 4.78 is 17.2. The number of ether oxygens (including phenoxy) is 2. The molecular weight excluding hydrogens is 284 g/mol. The minimum absolute atomic E-state index is 0.0559. The Morgan fingerprint density at radius 1 is 1.41 bits per heavy atom. The zero-order valence-electron chi connectivity index (χ0n) is 12.8. The van der Waals surface area contributed by atoms with Crippen LogP contribution < -0.4 is 5.32 Å². The number of nitrogens with zero attached hydrogens (tertiary/aromatic N) is 3. The number of hydrogen-bond donors (Lipinski definition) is 1. The quantitative estimate of drug-likeness (QED) is 0.875. The first kappa shape index (κ1) is 14.9. The summed E-state index contributed by atoms with van der Waals surface area (Å²) in [5.74, 6) is 0.465. The summed E-state index contributed by atoms with van der Waals surface area (Å²) in [7, 11) is 0. The molecule has 1 saturated heterocycles. The molecule has 0 amide bonds. The molecule has 1 aliphatic heterocycles. The van der Waals surface area contributed by atoms with E-state index in [1.165, 1.54) is 0 Å². The van der Waals surface area contributed by atoms with Crippen LogP contribution in [0.15, 0.2) is 28.9 Å². The Bertz CT molecular complexity index is 594. The van der Waals surface area contributed by atoms with Crippen molar-refractivity contribution in [1.29, 1.82) is 0 Å². The second kappa shape index (κ2) is 6.41. The van der Waals surface area contributed by atoms with Crippen LogP contribution in [0.2, 0.25) is 0 Å². The highest BCUT2D eigenvalue weighted by atomic mass is 16.6. The fourth-order valence-electron chi connectivity index (χ4n) is 2.47. The third-order valence-electron chi connectivity index (χ3n) is 3.43. The van der Waals surface area contributed by atoms with E-state index < -0.39 is 5.60 Å². The third kappa shape index (κ3) is 3.26. The molecule has 22 heavy (non-hydrogen) atoms. The van der Waals surface area contributed by atoms with Gasteiger partial charge in [-0.1, -0.05) is 11.2 Å². The molecule has 118 valence electrons. The van der Waals surface area contributed by atoms with Gasteiger partial charge in [-0.2, -0.15) is 0 Å². The Morgan fingerprint density at radius 3 is 3.00 bits per heavy atom. The highest BCUT2D eigenvalue weighted by Gasteiger charge is 2.44. The van der Waals surface area contributed by atoms with Crippen molar-refractivity contribution in [2.24, 2.45) is 0 Å². The molecule has 0 aliphatic carbocycles. The van der Waals surface area contributed by atoms with Crippen LogP contribution in [0.1, 0.15) is 31.7 Å². The van der Waals surface area contributed by atoms with E-state index >= 15 is 0 Å². The minimum Gasteiger partial charge on any atom is -0.405 e. The second-order valence-electron chi connectivity index (χ2n) is 5.59. The van der Waals surface area contributed by atoms with E-state index in [0.29, 0.717) is 31.7 Å². The number of rotatable bonds is 6. The lowest BCUT2D eigenvalue weighted by Crippen LogP contribution is -2.33. The Balaban J connectivity index is 1.69. The largest absolute Gasteiger partial charge is 0.405 e. The van der Waals surface area contributed by atoms with Gasteiger partial charge in [0.15, 0.2) is 5.60 Å². The number of anilines is 1. The molecule has 2 aromatic heterocycles. The molecule has 3 heterocycles. The van der Waals surface area contributed by atoms with Crippen molar-refractivity contribution in [1.82, 2.24) is 15.2 Å². The van der Waals surface area contributed by atoms with Crippen LogP contribution in [-0.2, 0) is 21.6 Å². The summed E-state index contributed by atoms with van der Waals surface area (Å²) in [5, 5.41) is 11.3. The first-order valence-electron chi connectivity index (χ1n) is 7.40. The number of pyridine rings is 1. The van der Waals surface area contributed by atoms with Crippen LogP contribution in [0.5, 0.6) is 0 Å². The fourth-order valence-corrected chi connectivity index (χ4v) is 2.47. The molecule has 0 spiro atoms. The van der Waals surface area contributed by atoms with E-state index in [1.54, 1.807) is 12.4 Å². The average molecular weight is 304 g/mol. The van der Waals surface area contributed by atoms with Crippen molar-refractivity contribution in [3.63, 3.8) is 0 Å². The molecule has 1 aliphatic rings. The number of hydrogen-bond acceptors (Lipinski definition) is 7. The second-order valence-corrected chi connectivity index (χ2v) is 5.59. The lowest BCUT2D eigenvalue weighted by molar-refractivity contribution is -0.102. The SMILES string of the molecule is CC(C)OC1(c2nnc(NCc3cccnc3)o2)CCOC1. The van der Waals surface area contributed by atoms with Crippen LogP contribution >= 0.6 is 0 Å². The van der Waals surface area contributed by atoms with E-state index in [9.17, 15) is 0 Å². The molecule has 1 atom stereocenters. The normalized spacial score (nSPS) is 21.4. The fraction of sp³-hybridized carbons (Fsp3) is 0.533. The molecule has 0 bridgehead atoms. The molecule has 1 unspecified atom stereocenters. The van der Waals surface area contributed by atoms with Crippen molar-refractivity contribution in [2.75, 3.05) is 18.5 Å². The van der Waals surface area contributed by atoms with Crippen molar-refractivity contribution in [3.05, 3.63) is 36.0 Å². The van der Waals surface area contributed by atoms with E-state index in [2.05, 4.69) is 20.5 Å². The highest BCUT2D eigenvalue weighted by molar-refractivity contribution is 5.22. The van der Waals surface area contributed by atoms with Crippen LogP contribution in [0.4, 0.5) is 6.01 Å². The number of nitrogens with one attached hydrogen (secondary N) is 1. The zero-order valence-corrected chi connectivity index (χ0v) is 12.8. The molecule has 0 aromatic carbocycles. The Labute approximate surface area is 129 Å². The molecule has 0 radical (unpaired) electrons. The first-order valence-corrected chi connectivity index (χ1v) is 7.40. The van der Waals surface area contributed by atoms with E-state index in [-0.39, 0.29) is 6.10 Å². The van der Waals surface area contributed by atoms with Crippen molar-refractivity contribution < 1.29 is 13.9 Å². The van der Waals surface area contributed by atoms with E-state index in [0.717, 1.165) is 12.0 Å². The van der Waals surface area contributed by atoms with Gasteiger partial charge < -0.3 is 19.2 Å². The lowest BCUT2D eigenvalue weighted by atomic mass is 10.0. The monoisotopic (exact) mass is 304 g/mol. The molecule has 1 N–H and O–H groups in total. The van der Waals surface area contributed by atoms with Gasteiger partial charge in [0.05, 0.1) is 19.3 Å². The molecule has 2 aromatic rings. The van der Waals surface area contributed by atoms with Gasteiger partial charge in [-0.15, -0.1) is 5.10 Å². The Morgan fingerprint density at radius 2 is 2.32 bits per heavy atom. The first-order chi connectivity index (χ1) is 10.7. The minimum atomic E-state index is -0.630. The van der Waals surface area contributed by atoms with Crippen LogP contribution in [-0.4, -0.2) is 34.5 Å². The zero-order chi connectivity index (χ0) is 15.4. The topological polar surface area (TPSA) is 82.3 Å². The van der Waals surface area contributed by atoms with Crippen LogP contribution in [0.25, 0.3) is 0 Å².